The van der Waals surface area contributed by atoms with Crippen molar-refractivity contribution in [2.75, 3.05) is 0 Å². The highest BCUT2D eigenvalue weighted by atomic mass is 35.5. The molecule has 0 bridgehead atoms. The number of nitrogens with one attached hydrogen (secondary N) is 2. The largest absolute Gasteiger partial charge is 0.274 e. The van der Waals surface area contributed by atoms with Crippen molar-refractivity contribution in [2.45, 2.75) is 13.5 Å². The normalized spacial score (nSPS) is 10.5. The maximum absolute atomic E-state index is 12.9. The topological polar surface area (TPSA) is 76.0 Å². The summed E-state index contributed by atoms with van der Waals surface area (Å²) in [5.41, 5.74) is 6.37. The predicted molar refractivity (Wildman–Crippen MR) is 98.9 cm³/mol. The lowest BCUT2D eigenvalue weighted by Crippen LogP contribution is -2.41. The van der Waals surface area contributed by atoms with Gasteiger partial charge in [0.2, 0.25) is 0 Å². The summed E-state index contributed by atoms with van der Waals surface area (Å²) in [5.74, 6) is -1.62. The van der Waals surface area contributed by atoms with Crippen LogP contribution < -0.4 is 10.9 Å². The van der Waals surface area contributed by atoms with E-state index in [2.05, 4.69) is 16.0 Å². The number of rotatable bonds is 4. The molecule has 0 saturated heterocycles. The van der Waals surface area contributed by atoms with Crippen molar-refractivity contribution in [1.29, 1.82) is 0 Å². The molecular weight excluding hydrogens is 371 g/mol. The fourth-order valence-electron chi connectivity index (χ4n) is 2.52. The quantitative estimate of drug-likeness (QED) is 0.676. The molecule has 6 nitrogen and oxygen atoms in total. The van der Waals surface area contributed by atoms with Crippen LogP contribution in [0.4, 0.5) is 4.39 Å². The Bertz CT molecular complexity index is 971. The van der Waals surface area contributed by atoms with Gasteiger partial charge in [-0.3, -0.25) is 20.4 Å². The Morgan fingerprint density at radius 3 is 2.33 bits per heavy atom. The number of hydrogen-bond acceptors (Lipinski definition) is 3. The molecule has 0 unspecified atom stereocenters. The maximum Gasteiger partial charge on any atom is 0.274 e. The minimum Gasteiger partial charge on any atom is -0.267 e. The molecule has 2 aromatic carbocycles. The standard InChI is InChI=1S/C19H16ClFN4O2/c1-12-16(17(20)25(24-12)11-13-5-3-2-4-6-13)19(27)23-22-18(26)14-7-9-15(21)10-8-14/h2-10H,11H2,1H3,(H,22,26)(H,23,27). The lowest BCUT2D eigenvalue weighted by molar-refractivity contribution is 0.0846. The molecule has 0 aliphatic heterocycles. The van der Waals surface area contributed by atoms with Gasteiger partial charge < -0.3 is 0 Å². The van der Waals surface area contributed by atoms with Gasteiger partial charge in [-0.1, -0.05) is 41.9 Å². The van der Waals surface area contributed by atoms with Gasteiger partial charge in [0.25, 0.3) is 11.8 Å². The molecule has 27 heavy (non-hydrogen) atoms. The number of aryl methyl sites for hydroxylation is 1. The molecule has 0 aliphatic rings. The second-order valence-electron chi connectivity index (χ2n) is 5.81. The van der Waals surface area contributed by atoms with Crippen LogP contribution in [0.1, 0.15) is 32.0 Å². The van der Waals surface area contributed by atoms with E-state index >= 15 is 0 Å². The van der Waals surface area contributed by atoms with E-state index in [1.807, 2.05) is 30.3 Å². The molecule has 0 aliphatic carbocycles. The van der Waals surface area contributed by atoms with Crippen molar-refractivity contribution in [3.8, 4) is 0 Å². The highest BCUT2D eigenvalue weighted by Gasteiger charge is 2.21. The van der Waals surface area contributed by atoms with Gasteiger partial charge in [-0.05, 0) is 36.8 Å². The van der Waals surface area contributed by atoms with Gasteiger partial charge >= 0.3 is 0 Å². The summed E-state index contributed by atoms with van der Waals surface area (Å²) in [6, 6.07) is 14.5. The van der Waals surface area contributed by atoms with Crippen molar-refractivity contribution in [3.63, 3.8) is 0 Å². The number of hydrogen-bond donors (Lipinski definition) is 2. The average molecular weight is 387 g/mol. The number of halogens is 2. The van der Waals surface area contributed by atoms with E-state index in [1.165, 1.54) is 16.8 Å². The molecule has 0 saturated carbocycles. The lowest BCUT2D eigenvalue weighted by atomic mass is 10.2. The van der Waals surface area contributed by atoms with Crippen molar-refractivity contribution in [1.82, 2.24) is 20.6 Å². The Morgan fingerprint density at radius 2 is 1.67 bits per heavy atom. The van der Waals surface area contributed by atoms with Gasteiger partial charge in [0.1, 0.15) is 16.5 Å². The molecule has 0 fully saturated rings. The Hall–Kier alpha value is -3.19. The van der Waals surface area contributed by atoms with Gasteiger partial charge in [0, 0.05) is 5.56 Å². The first-order valence-corrected chi connectivity index (χ1v) is 8.46. The van der Waals surface area contributed by atoms with E-state index in [0.29, 0.717) is 12.2 Å². The van der Waals surface area contributed by atoms with Crippen LogP contribution in [0.5, 0.6) is 0 Å². The second-order valence-corrected chi connectivity index (χ2v) is 6.17. The van der Waals surface area contributed by atoms with E-state index in [1.54, 1.807) is 6.92 Å². The molecule has 0 radical (unpaired) electrons. The predicted octanol–water partition coefficient (Wildman–Crippen LogP) is 3.11. The Morgan fingerprint density at radius 1 is 1.04 bits per heavy atom. The van der Waals surface area contributed by atoms with Crippen molar-refractivity contribution in [3.05, 3.63) is 88.0 Å². The van der Waals surface area contributed by atoms with E-state index < -0.39 is 17.6 Å². The third-order valence-corrected chi connectivity index (χ3v) is 4.25. The zero-order valence-corrected chi connectivity index (χ0v) is 15.1. The summed E-state index contributed by atoms with van der Waals surface area (Å²) in [4.78, 5) is 24.4. The van der Waals surface area contributed by atoms with Gasteiger partial charge in [-0.25, -0.2) is 9.07 Å². The van der Waals surface area contributed by atoms with Crippen molar-refractivity contribution in [2.24, 2.45) is 0 Å². The van der Waals surface area contributed by atoms with Crippen LogP contribution in [-0.2, 0) is 6.54 Å². The third kappa shape index (κ3) is 4.32. The van der Waals surface area contributed by atoms with Crippen LogP contribution in [0.15, 0.2) is 54.6 Å². The van der Waals surface area contributed by atoms with Gasteiger partial charge in [0.05, 0.1) is 12.2 Å². The number of carbonyl (C=O) groups is 2. The summed E-state index contributed by atoms with van der Waals surface area (Å²) in [7, 11) is 0. The zero-order valence-electron chi connectivity index (χ0n) is 14.4. The van der Waals surface area contributed by atoms with E-state index in [4.69, 9.17) is 11.6 Å². The maximum atomic E-state index is 12.9. The summed E-state index contributed by atoms with van der Waals surface area (Å²) in [5, 5.41) is 4.46. The highest BCUT2D eigenvalue weighted by Crippen LogP contribution is 2.20. The molecule has 3 aromatic rings. The van der Waals surface area contributed by atoms with Gasteiger partial charge in [-0.15, -0.1) is 0 Å². The number of nitrogens with zero attached hydrogens (tertiary/aromatic N) is 2. The van der Waals surface area contributed by atoms with Gasteiger partial charge in [0.15, 0.2) is 0 Å². The first kappa shape index (κ1) is 18.6. The minimum absolute atomic E-state index is 0.171. The molecule has 8 heteroatoms. The highest BCUT2D eigenvalue weighted by molar-refractivity contribution is 6.33. The molecule has 138 valence electrons. The van der Waals surface area contributed by atoms with Crippen molar-refractivity contribution >= 4 is 23.4 Å². The summed E-state index contributed by atoms with van der Waals surface area (Å²) >= 11 is 6.31. The van der Waals surface area contributed by atoms with Crippen LogP contribution in [-0.4, -0.2) is 21.6 Å². The average Bonchev–Trinajstić information content (AvgIpc) is 2.94. The number of carbonyl (C=O) groups excluding carboxylic acids is 2. The van der Waals surface area contributed by atoms with Crippen LogP contribution in [0.3, 0.4) is 0 Å². The van der Waals surface area contributed by atoms with E-state index in [-0.39, 0.29) is 16.3 Å². The fourth-order valence-corrected chi connectivity index (χ4v) is 2.84. The van der Waals surface area contributed by atoms with Gasteiger partial charge in [-0.2, -0.15) is 5.10 Å². The molecule has 1 heterocycles. The SMILES string of the molecule is Cc1nn(Cc2ccccc2)c(Cl)c1C(=O)NNC(=O)c1ccc(F)cc1. The van der Waals surface area contributed by atoms with Crippen LogP contribution >= 0.6 is 11.6 Å². The summed E-state index contributed by atoms with van der Waals surface area (Å²) in [6.45, 7) is 2.07. The van der Waals surface area contributed by atoms with Crippen LogP contribution in [0.2, 0.25) is 5.15 Å². The van der Waals surface area contributed by atoms with E-state index in [0.717, 1.165) is 17.7 Å². The van der Waals surface area contributed by atoms with Crippen LogP contribution in [0, 0.1) is 12.7 Å². The second kappa shape index (κ2) is 8.01. The van der Waals surface area contributed by atoms with E-state index in [9.17, 15) is 14.0 Å². The molecule has 0 spiro atoms. The first-order chi connectivity index (χ1) is 13.0. The monoisotopic (exact) mass is 386 g/mol. The lowest BCUT2D eigenvalue weighted by Gasteiger charge is -2.08. The number of benzene rings is 2. The number of hydrazine groups is 1. The van der Waals surface area contributed by atoms with Crippen molar-refractivity contribution < 1.29 is 14.0 Å². The third-order valence-electron chi connectivity index (χ3n) is 3.86. The molecular formula is C19H16ClFN4O2. The molecule has 2 N–H and O–H groups in total. The summed E-state index contributed by atoms with van der Waals surface area (Å²) < 4.78 is 14.4. The molecule has 1 aromatic heterocycles. The Labute approximate surface area is 159 Å². The fraction of sp³-hybridized carbons (Fsp3) is 0.105. The Balaban J connectivity index is 1.69. The summed E-state index contributed by atoms with van der Waals surface area (Å²) in [6.07, 6.45) is 0. The minimum atomic E-state index is -0.590. The number of aromatic nitrogens is 2. The number of amides is 2. The zero-order chi connectivity index (χ0) is 19.4. The van der Waals surface area contributed by atoms with Crippen LogP contribution in [0.25, 0.3) is 0 Å². The smallest absolute Gasteiger partial charge is 0.267 e. The first-order valence-electron chi connectivity index (χ1n) is 8.09. The molecule has 2 amide bonds. The Kier molecular flexibility index (Phi) is 5.52. The molecule has 0 atom stereocenters. The molecule has 3 rings (SSSR count).